The highest BCUT2D eigenvalue weighted by Gasteiger charge is 2.28. The molecule has 2 rings (SSSR count). The Kier molecular flexibility index (Phi) is 4.00. The summed E-state index contributed by atoms with van der Waals surface area (Å²) in [4.78, 5) is 22.6. The van der Waals surface area contributed by atoms with Gasteiger partial charge in [0.1, 0.15) is 14.4 Å². The van der Waals surface area contributed by atoms with Gasteiger partial charge in [-0.15, -0.1) is 0 Å². The van der Waals surface area contributed by atoms with Crippen molar-refractivity contribution >= 4 is 25.5 Å². The summed E-state index contributed by atoms with van der Waals surface area (Å²) in [6.07, 6.45) is 2.14. The molecule has 1 N–H and O–H groups in total. The van der Waals surface area contributed by atoms with E-state index in [2.05, 4.69) is 36.2 Å². The molecule has 1 aliphatic rings. The Hall–Kier alpha value is -1.68. The molecule has 1 heterocycles. The van der Waals surface area contributed by atoms with Crippen LogP contribution >= 0.6 is 0 Å². The highest BCUT2D eigenvalue weighted by atomic mass is 28.3. The number of rotatable bonds is 4. The summed E-state index contributed by atoms with van der Waals surface area (Å²) in [6.45, 7) is 4.42. The number of carbonyl (C=O) groups is 2. The summed E-state index contributed by atoms with van der Waals surface area (Å²) in [5.74, 6) is 0.0388. The maximum atomic E-state index is 11.3. The minimum absolute atomic E-state index is 0.0388. The first-order valence-corrected chi connectivity index (χ1v) is 9.63. The molecule has 1 aromatic rings. The van der Waals surface area contributed by atoms with Crippen molar-refractivity contribution in [1.29, 1.82) is 0 Å². The van der Waals surface area contributed by atoms with E-state index in [1.54, 1.807) is 0 Å². The van der Waals surface area contributed by atoms with Crippen LogP contribution in [0.5, 0.6) is 0 Å². The van der Waals surface area contributed by atoms with E-state index in [-0.39, 0.29) is 11.9 Å². The Morgan fingerprint density at radius 1 is 1.32 bits per heavy atom. The van der Waals surface area contributed by atoms with E-state index < -0.39 is 8.07 Å². The normalized spacial score (nSPS) is 20.2. The largest absolute Gasteiger partial charge is 0.349 e. The van der Waals surface area contributed by atoms with Gasteiger partial charge in [0.2, 0.25) is 5.91 Å². The Morgan fingerprint density at radius 2 is 2.00 bits per heavy atom. The Balaban J connectivity index is 2.26. The van der Waals surface area contributed by atoms with Crippen molar-refractivity contribution in [1.82, 2.24) is 5.32 Å². The van der Waals surface area contributed by atoms with Gasteiger partial charge in [0.15, 0.2) is 0 Å². The van der Waals surface area contributed by atoms with E-state index in [0.717, 1.165) is 18.3 Å². The maximum absolute atomic E-state index is 11.3. The van der Waals surface area contributed by atoms with Gasteiger partial charge < -0.3 is 5.32 Å². The zero-order valence-electron chi connectivity index (χ0n) is 11.3. The number of benzene rings is 1. The molecule has 1 unspecified atom stereocenters. The standard InChI is InChI=1S/C15H19NO2Si/c1-19(2,13-6-4-3-5-7-13)11-12(10-17)14-8-9-15(18)16-14/h3-7,10-11,14H,8-9H2,1-2H3,(H,16,18)/b12-11+. The number of hydrogen-bond donors (Lipinski definition) is 1. The van der Waals surface area contributed by atoms with E-state index in [9.17, 15) is 9.59 Å². The molecule has 1 atom stereocenters. The summed E-state index contributed by atoms with van der Waals surface area (Å²) in [5, 5.41) is 4.15. The van der Waals surface area contributed by atoms with Crippen molar-refractivity contribution in [2.24, 2.45) is 0 Å². The number of aldehydes is 1. The molecule has 3 nitrogen and oxygen atoms in total. The second-order valence-corrected chi connectivity index (χ2v) is 9.82. The molecule has 1 saturated heterocycles. The van der Waals surface area contributed by atoms with Crippen LogP contribution in [-0.2, 0) is 9.59 Å². The predicted molar refractivity (Wildman–Crippen MR) is 78.9 cm³/mol. The minimum Gasteiger partial charge on any atom is -0.349 e. The molecule has 0 radical (unpaired) electrons. The average molecular weight is 273 g/mol. The summed E-state index contributed by atoms with van der Waals surface area (Å²) in [6, 6.07) is 10.2. The first-order chi connectivity index (χ1) is 9.03. The molecule has 19 heavy (non-hydrogen) atoms. The van der Waals surface area contributed by atoms with Crippen LogP contribution in [0.4, 0.5) is 0 Å². The van der Waals surface area contributed by atoms with Gasteiger partial charge in [0.05, 0.1) is 6.04 Å². The Labute approximate surface area is 114 Å². The SMILES string of the molecule is C[Si](C)(/C=C(\C=O)C1CCC(=O)N1)c1ccccc1. The van der Waals surface area contributed by atoms with Crippen molar-refractivity contribution in [2.75, 3.05) is 0 Å². The molecule has 4 heteroatoms. The van der Waals surface area contributed by atoms with Crippen LogP contribution in [0, 0.1) is 0 Å². The fourth-order valence-electron chi connectivity index (χ4n) is 2.45. The van der Waals surface area contributed by atoms with Crippen LogP contribution in [0.15, 0.2) is 41.6 Å². The molecular formula is C15H19NO2Si. The second kappa shape index (κ2) is 5.53. The van der Waals surface area contributed by atoms with Crippen molar-refractivity contribution < 1.29 is 9.59 Å². The van der Waals surface area contributed by atoms with Crippen molar-refractivity contribution in [3.8, 4) is 0 Å². The van der Waals surface area contributed by atoms with Crippen LogP contribution in [0.25, 0.3) is 0 Å². The third-order valence-electron chi connectivity index (χ3n) is 3.58. The van der Waals surface area contributed by atoms with Crippen LogP contribution in [0.2, 0.25) is 13.1 Å². The molecule has 1 aromatic carbocycles. The molecule has 0 saturated carbocycles. The van der Waals surface area contributed by atoms with E-state index >= 15 is 0 Å². The van der Waals surface area contributed by atoms with Crippen molar-refractivity contribution in [3.63, 3.8) is 0 Å². The van der Waals surface area contributed by atoms with Gasteiger partial charge in [-0.3, -0.25) is 9.59 Å². The molecule has 0 bridgehead atoms. The fourth-order valence-corrected chi connectivity index (χ4v) is 4.77. The summed E-state index contributed by atoms with van der Waals surface area (Å²) in [7, 11) is -1.80. The minimum atomic E-state index is -1.80. The average Bonchev–Trinajstić information content (AvgIpc) is 2.84. The lowest BCUT2D eigenvalue weighted by molar-refractivity contribution is -0.119. The lowest BCUT2D eigenvalue weighted by atomic mass is 10.1. The maximum Gasteiger partial charge on any atom is 0.220 e. The van der Waals surface area contributed by atoms with Crippen LogP contribution < -0.4 is 10.5 Å². The van der Waals surface area contributed by atoms with E-state index in [1.165, 1.54) is 5.19 Å². The smallest absolute Gasteiger partial charge is 0.220 e. The van der Waals surface area contributed by atoms with Crippen LogP contribution in [0.1, 0.15) is 12.8 Å². The van der Waals surface area contributed by atoms with Gasteiger partial charge in [0, 0.05) is 12.0 Å². The third-order valence-corrected chi connectivity index (χ3v) is 6.46. The van der Waals surface area contributed by atoms with Gasteiger partial charge >= 0.3 is 0 Å². The molecule has 1 aliphatic heterocycles. The molecule has 1 fully saturated rings. The van der Waals surface area contributed by atoms with Gasteiger partial charge in [-0.25, -0.2) is 0 Å². The predicted octanol–water partition coefficient (Wildman–Crippen LogP) is 1.55. The highest BCUT2D eigenvalue weighted by Crippen LogP contribution is 2.17. The molecule has 0 aliphatic carbocycles. The molecule has 1 amide bonds. The van der Waals surface area contributed by atoms with E-state index in [4.69, 9.17) is 0 Å². The fraction of sp³-hybridized carbons (Fsp3) is 0.333. The highest BCUT2D eigenvalue weighted by molar-refractivity contribution is 6.94. The monoisotopic (exact) mass is 273 g/mol. The topological polar surface area (TPSA) is 46.2 Å². The van der Waals surface area contributed by atoms with Gasteiger partial charge in [0.25, 0.3) is 0 Å². The van der Waals surface area contributed by atoms with Gasteiger partial charge in [-0.05, 0) is 6.42 Å². The molecular weight excluding hydrogens is 254 g/mol. The number of hydrogen-bond acceptors (Lipinski definition) is 2. The van der Waals surface area contributed by atoms with Gasteiger partial charge in [-0.2, -0.15) is 0 Å². The Bertz CT molecular complexity index is 508. The summed E-state index contributed by atoms with van der Waals surface area (Å²) >= 11 is 0. The first kappa shape index (κ1) is 13.7. The Morgan fingerprint density at radius 3 is 2.53 bits per heavy atom. The number of nitrogens with one attached hydrogen (secondary N) is 1. The van der Waals surface area contributed by atoms with E-state index in [1.807, 2.05) is 18.2 Å². The van der Waals surface area contributed by atoms with Crippen LogP contribution in [-0.4, -0.2) is 26.3 Å². The second-order valence-electron chi connectivity index (χ2n) is 5.51. The van der Waals surface area contributed by atoms with E-state index in [0.29, 0.717) is 6.42 Å². The summed E-state index contributed by atoms with van der Waals surface area (Å²) < 4.78 is 0. The zero-order valence-corrected chi connectivity index (χ0v) is 12.3. The lowest BCUT2D eigenvalue weighted by Crippen LogP contribution is -2.41. The van der Waals surface area contributed by atoms with Crippen molar-refractivity contribution in [2.45, 2.75) is 32.0 Å². The number of amides is 1. The molecule has 0 aromatic heterocycles. The summed E-state index contributed by atoms with van der Waals surface area (Å²) in [5.41, 5.74) is 2.83. The lowest BCUT2D eigenvalue weighted by Gasteiger charge is -2.21. The van der Waals surface area contributed by atoms with Gasteiger partial charge in [-0.1, -0.05) is 54.3 Å². The third kappa shape index (κ3) is 3.20. The molecule has 0 spiro atoms. The van der Waals surface area contributed by atoms with Crippen LogP contribution in [0.3, 0.4) is 0 Å². The molecule has 100 valence electrons. The first-order valence-electron chi connectivity index (χ1n) is 6.56. The zero-order chi connectivity index (χ0) is 13.9. The quantitative estimate of drug-likeness (QED) is 0.514. The van der Waals surface area contributed by atoms with Crippen molar-refractivity contribution in [3.05, 3.63) is 41.6 Å². The number of carbonyl (C=O) groups excluding carboxylic acids is 2.